The summed E-state index contributed by atoms with van der Waals surface area (Å²) in [6, 6.07) is 0. The van der Waals surface area contributed by atoms with Gasteiger partial charge in [0.1, 0.15) is 0 Å². The maximum absolute atomic E-state index is 11.8. The molecule has 2 aliphatic rings. The van der Waals surface area contributed by atoms with Crippen LogP contribution in [0.3, 0.4) is 0 Å². The van der Waals surface area contributed by atoms with Gasteiger partial charge < -0.3 is 15.8 Å². The molecule has 4 nitrogen and oxygen atoms in total. The highest BCUT2D eigenvalue weighted by Gasteiger charge is 2.36. The molecular weight excluding hydrogens is 240 g/mol. The van der Waals surface area contributed by atoms with E-state index in [0.717, 1.165) is 38.2 Å². The van der Waals surface area contributed by atoms with Crippen molar-refractivity contribution in [3.8, 4) is 0 Å². The Labute approximate surface area is 109 Å². The van der Waals surface area contributed by atoms with E-state index in [1.165, 1.54) is 12.8 Å². The van der Waals surface area contributed by atoms with Crippen molar-refractivity contribution < 1.29 is 9.53 Å². The molecule has 2 rings (SSSR count). The molecule has 0 aromatic rings. The Balaban J connectivity index is 0.00000144. The highest BCUT2D eigenvalue weighted by atomic mass is 35.5. The van der Waals surface area contributed by atoms with Crippen molar-refractivity contribution in [3.63, 3.8) is 0 Å². The summed E-state index contributed by atoms with van der Waals surface area (Å²) < 4.78 is 5.45. The summed E-state index contributed by atoms with van der Waals surface area (Å²) in [7, 11) is 0. The zero-order chi connectivity index (χ0) is 11.4. The molecule has 0 aromatic carbocycles. The Morgan fingerprint density at radius 3 is 2.59 bits per heavy atom. The lowest BCUT2D eigenvalue weighted by atomic mass is 9.98. The van der Waals surface area contributed by atoms with Crippen molar-refractivity contribution in [3.05, 3.63) is 0 Å². The summed E-state index contributed by atoms with van der Waals surface area (Å²) in [5.41, 5.74) is 5.42. The predicted molar refractivity (Wildman–Crippen MR) is 69.2 cm³/mol. The summed E-state index contributed by atoms with van der Waals surface area (Å²) >= 11 is 0. The normalized spacial score (nSPS) is 21.9. The highest BCUT2D eigenvalue weighted by Crippen LogP contribution is 2.28. The standard InChI is InChI=1S/C12H22N2O2.ClH/c13-12(5-1-2-6-12)11(15)14-7-8-16-9-10-3-4-10;/h10H,1-9,13H2,(H,14,15);1H. The lowest BCUT2D eigenvalue weighted by molar-refractivity contribution is -0.126. The Morgan fingerprint density at radius 1 is 1.35 bits per heavy atom. The van der Waals surface area contributed by atoms with Crippen molar-refractivity contribution in [1.82, 2.24) is 5.32 Å². The van der Waals surface area contributed by atoms with E-state index in [1.807, 2.05) is 0 Å². The summed E-state index contributed by atoms with van der Waals surface area (Å²) in [4.78, 5) is 11.8. The van der Waals surface area contributed by atoms with Gasteiger partial charge in [-0.15, -0.1) is 12.4 Å². The lowest BCUT2D eigenvalue weighted by Gasteiger charge is -2.22. The summed E-state index contributed by atoms with van der Waals surface area (Å²) in [6.07, 6.45) is 6.39. The van der Waals surface area contributed by atoms with Crippen LogP contribution in [-0.4, -0.2) is 31.2 Å². The smallest absolute Gasteiger partial charge is 0.240 e. The number of hydrogen-bond acceptors (Lipinski definition) is 3. The maximum Gasteiger partial charge on any atom is 0.240 e. The molecule has 2 saturated carbocycles. The van der Waals surface area contributed by atoms with Gasteiger partial charge in [-0.2, -0.15) is 0 Å². The van der Waals surface area contributed by atoms with Crippen molar-refractivity contribution in [1.29, 1.82) is 0 Å². The van der Waals surface area contributed by atoms with E-state index in [0.29, 0.717) is 13.2 Å². The quantitative estimate of drug-likeness (QED) is 0.708. The third kappa shape index (κ3) is 4.45. The monoisotopic (exact) mass is 262 g/mol. The Hall–Kier alpha value is -0.320. The Morgan fingerprint density at radius 2 is 2.00 bits per heavy atom. The van der Waals surface area contributed by atoms with Crippen LogP contribution in [0.4, 0.5) is 0 Å². The summed E-state index contributed by atoms with van der Waals surface area (Å²) in [5.74, 6) is 0.784. The molecular formula is C12H23ClN2O2. The van der Waals surface area contributed by atoms with E-state index in [4.69, 9.17) is 10.5 Å². The number of amides is 1. The van der Waals surface area contributed by atoms with Crippen molar-refractivity contribution >= 4 is 18.3 Å². The molecule has 2 aliphatic carbocycles. The zero-order valence-corrected chi connectivity index (χ0v) is 11.1. The fraction of sp³-hybridized carbons (Fsp3) is 0.917. The van der Waals surface area contributed by atoms with Crippen LogP contribution >= 0.6 is 12.4 Å². The lowest BCUT2D eigenvalue weighted by Crippen LogP contribution is -2.52. The second-order valence-corrected chi connectivity index (χ2v) is 5.14. The van der Waals surface area contributed by atoms with Crippen LogP contribution in [0.2, 0.25) is 0 Å². The number of hydrogen-bond donors (Lipinski definition) is 2. The third-order valence-corrected chi connectivity index (χ3v) is 3.53. The van der Waals surface area contributed by atoms with Gasteiger partial charge in [-0.1, -0.05) is 12.8 Å². The second-order valence-electron chi connectivity index (χ2n) is 5.14. The Bertz CT molecular complexity index is 251. The number of carbonyl (C=O) groups is 1. The van der Waals surface area contributed by atoms with Gasteiger partial charge >= 0.3 is 0 Å². The zero-order valence-electron chi connectivity index (χ0n) is 10.2. The van der Waals surface area contributed by atoms with Gasteiger partial charge in [-0.25, -0.2) is 0 Å². The first-order chi connectivity index (χ1) is 7.71. The fourth-order valence-corrected chi connectivity index (χ4v) is 2.18. The molecule has 5 heteroatoms. The average molecular weight is 263 g/mol. The minimum absolute atomic E-state index is 0. The molecule has 0 bridgehead atoms. The fourth-order valence-electron chi connectivity index (χ4n) is 2.18. The molecule has 3 N–H and O–H groups in total. The van der Waals surface area contributed by atoms with Gasteiger partial charge in [-0.3, -0.25) is 4.79 Å². The van der Waals surface area contributed by atoms with Gasteiger partial charge in [0.05, 0.1) is 12.1 Å². The van der Waals surface area contributed by atoms with Gasteiger partial charge in [0.25, 0.3) is 0 Å². The first-order valence-corrected chi connectivity index (χ1v) is 6.36. The highest BCUT2D eigenvalue weighted by molar-refractivity contribution is 5.86. The first-order valence-electron chi connectivity index (χ1n) is 6.36. The van der Waals surface area contributed by atoms with Crippen LogP contribution in [0.1, 0.15) is 38.5 Å². The Kier molecular flexibility index (Phi) is 5.70. The average Bonchev–Trinajstić information content (AvgIpc) is 2.99. The molecule has 0 spiro atoms. The largest absolute Gasteiger partial charge is 0.379 e. The molecule has 0 unspecified atom stereocenters. The molecule has 0 atom stereocenters. The molecule has 0 saturated heterocycles. The van der Waals surface area contributed by atoms with E-state index >= 15 is 0 Å². The second kappa shape index (κ2) is 6.57. The third-order valence-electron chi connectivity index (χ3n) is 3.53. The van der Waals surface area contributed by atoms with Crippen molar-refractivity contribution in [2.75, 3.05) is 19.8 Å². The molecule has 17 heavy (non-hydrogen) atoms. The number of carbonyl (C=O) groups excluding carboxylic acids is 1. The van der Waals surface area contributed by atoms with Gasteiger partial charge in [0, 0.05) is 13.2 Å². The first kappa shape index (κ1) is 14.7. The molecule has 1 amide bonds. The van der Waals surface area contributed by atoms with E-state index in [9.17, 15) is 4.79 Å². The number of ether oxygens (including phenoxy) is 1. The van der Waals surface area contributed by atoms with Gasteiger partial charge in [-0.05, 0) is 31.6 Å². The minimum Gasteiger partial charge on any atom is -0.379 e. The van der Waals surface area contributed by atoms with Crippen molar-refractivity contribution in [2.24, 2.45) is 11.7 Å². The van der Waals surface area contributed by atoms with E-state index in [1.54, 1.807) is 0 Å². The molecule has 0 aliphatic heterocycles. The van der Waals surface area contributed by atoms with Crippen LogP contribution in [0.15, 0.2) is 0 Å². The topological polar surface area (TPSA) is 64.4 Å². The molecule has 0 radical (unpaired) electrons. The maximum atomic E-state index is 11.8. The SMILES string of the molecule is Cl.NC1(C(=O)NCCOCC2CC2)CCCC1. The molecule has 100 valence electrons. The van der Waals surface area contributed by atoms with Crippen LogP contribution < -0.4 is 11.1 Å². The number of rotatable bonds is 6. The van der Waals surface area contributed by atoms with Crippen LogP contribution in [0.5, 0.6) is 0 Å². The molecule has 0 heterocycles. The van der Waals surface area contributed by atoms with E-state index in [2.05, 4.69) is 5.32 Å². The van der Waals surface area contributed by atoms with Crippen LogP contribution in [0.25, 0.3) is 0 Å². The van der Waals surface area contributed by atoms with Crippen LogP contribution in [-0.2, 0) is 9.53 Å². The van der Waals surface area contributed by atoms with Crippen LogP contribution in [0, 0.1) is 5.92 Å². The van der Waals surface area contributed by atoms with Gasteiger partial charge in [0.2, 0.25) is 5.91 Å². The number of nitrogens with one attached hydrogen (secondary N) is 1. The van der Waals surface area contributed by atoms with E-state index < -0.39 is 5.54 Å². The van der Waals surface area contributed by atoms with Crippen molar-refractivity contribution in [2.45, 2.75) is 44.1 Å². The van der Waals surface area contributed by atoms with E-state index in [-0.39, 0.29) is 18.3 Å². The molecule has 2 fully saturated rings. The summed E-state index contributed by atoms with van der Waals surface area (Å²) in [6.45, 7) is 2.05. The predicted octanol–water partition coefficient (Wildman–Crippen LogP) is 1.22. The summed E-state index contributed by atoms with van der Waals surface area (Å²) in [5, 5.41) is 2.87. The van der Waals surface area contributed by atoms with Gasteiger partial charge in [0.15, 0.2) is 0 Å². The number of halogens is 1. The number of nitrogens with two attached hydrogens (primary N) is 1. The minimum atomic E-state index is -0.601. The molecule has 0 aromatic heterocycles.